The molecule has 2 fully saturated rings. The van der Waals surface area contributed by atoms with Gasteiger partial charge < -0.3 is 14.8 Å². The van der Waals surface area contributed by atoms with E-state index in [-0.39, 0.29) is 12.2 Å². The van der Waals surface area contributed by atoms with E-state index in [1.807, 2.05) is 12.1 Å². The van der Waals surface area contributed by atoms with Crippen molar-refractivity contribution in [2.24, 2.45) is 0 Å². The molecule has 0 amide bonds. The number of fused-ring (bicyclic) bond motifs is 3. The van der Waals surface area contributed by atoms with Crippen molar-refractivity contribution in [3.63, 3.8) is 0 Å². The Labute approximate surface area is 176 Å². The zero-order chi connectivity index (χ0) is 19.1. The summed E-state index contributed by atoms with van der Waals surface area (Å²) in [5.41, 5.74) is 3.29. The monoisotopic (exact) mass is 417 g/mol. The predicted molar refractivity (Wildman–Crippen MR) is 114 cm³/mol. The van der Waals surface area contributed by atoms with E-state index in [2.05, 4.69) is 17.4 Å². The number of rotatable bonds is 3. The van der Waals surface area contributed by atoms with Gasteiger partial charge in [0.05, 0.1) is 6.10 Å². The number of hydrogen-bond acceptors (Lipinski definition) is 3. The first kappa shape index (κ1) is 18.6. The molecule has 5 heteroatoms. The molecule has 1 aliphatic carbocycles. The predicted octanol–water partition coefficient (Wildman–Crippen LogP) is 6.21. The summed E-state index contributed by atoms with van der Waals surface area (Å²) >= 11 is 12.6. The van der Waals surface area contributed by atoms with Gasteiger partial charge >= 0.3 is 0 Å². The lowest BCUT2D eigenvalue weighted by molar-refractivity contribution is 0.134. The first-order valence-electron chi connectivity index (χ1n) is 10.4. The molecule has 0 unspecified atom stereocenters. The molecule has 28 heavy (non-hydrogen) atoms. The molecule has 0 bridgehead atoms. The van der Waals surface area contributed by atoms with Crippen molar-refractivity contribution in [3.05, 3.63) is 45.9 Å². The van der Waals surface area contributed by atoms with Crippen molar-refractivity contribution < 1.29 is 9.47 Å². The number of piperidine rings is 1. The molecule has 2 aliphatic heterocycles. The van der Waals surface area contributed by atoms with Crippen LogP contribution in [-0.4, -0.2) is 25.3 Å². The Morgan fingerprint density at radius 1 is 1.00 bits per heavy atom. The van der Waals surface area contributed by atoms with Gasteiger partial charge in [-0.25, -0.2) is 0 Å². The van der Waals surface area contributed by atoms with Crippen molar-refractivity contribution in [3.8, 4) is 22.6 Å². The van der Waals surface area contributed by atoms with Crippen LogP contribution >= 0.6 is 23.2 Å². The van der Waals surface area contributed by atoms with Gasteiger partial charge in [-0.1, -0.05) is 35.7 Å². The zero-order valence-electron chi connectivity index (χ0n) is 15.8. The number of ether oxygens (including phenoxy) is 2. The average Bonchev–Trinajstić information content (AvgIpc) is 3.08. The lowest BCUT2D eigenvalue weighted by atomic mass is 9.89. The molecule has 0 spiro atoms. The minimum Gasteiger partial charge on any atom is -0.487 e. The summed E-state index contributed by atoms with van der Waals surface area (Å²) in [6.45, 7) is 1.95. The highest BCUT2D eigenvalue weighted by atomic mass is 35.5. The molecule has 2 atom stereocenters. The highest BCUT2D eigenvalue weighted by Crippen LogP contribution is 2.49. The maximum Gasteiger partial charge on any atom is 0.165 e. The lowest BCUT2D eigenvalue weighted by Crippen LogP contribution is -2.37. The fourth-order valence-corrected chi connectivity index (χ4v) is 5.31. The van der Waals surface area contributed by atoms with Gasteiger partial charge in [-0.15, -0.1) is 0 Å². The number of halogens is 2. The lowest BCUT2D eigenvalue weighted by Gasteiger charge is -2.25. The molecular weight excluding hydrogens is 393 g/mol. The van der Waals surface area contributed by atoms with Crippen LogP contribution in [0.1, 0.15) is 50.0 Å². The summed E-state index contributed by atoms with van der Waals surface area (Å²) in [6.07, 6.45) is 7.57. The largest absolute Gasteiger partial charge is 0.487 e. The van der Waals surface area contributed by atoms with Crippen molar-refractivity contribution in [1.29, 1.82) is 0 Å². The van der Waals surface area contributed by atoms with Gasteiger partial charge in [0.25, 0.3) is 0 Å². The third-order valence-electron chi connectivity index (χ3n) is 6.26. The topological polar surface area (TPSA) is 30.5 Å². The van der Waals surface area contributed by atoms with Crippen molar-refractivity contribution in [2.45, 2.75) is 56.7 Å². The van der Waals surface area contributed by atoms with Crippen molar-refractivity contribution >= 4 is 23.2 Å². The van der Waals surface area contributed by atoms with Crippen LogP contribution in [0.25, 0.3) is 11.1 Å². The summed E-state index contributed by atoms with van der Waals surface area (Å²) in [5, 5.41) is 4.82. The molecule has 1 saturated carbocycles. The van der Waals surface area contributed by atoms with Gasteiger partial charge in [0.15, 0.2) is 11.5 Å². The minimum absolute atomic E-state index is 0.237. The number of nitrogens with one attached hydrogen (secondary N) is 1. The Morgan fingerprint density at radius 3 is 2.68 bits per heavy atom. The summed E-state index contributed by atoms with van der Waals surface area (Å²) < 4.78 is 12.9. The summed E-state index contributed by atoms with van der Waals surface area (Å²) in [7, 11) is 0. The van der Waals surface area contributed by atoms with Crippen LogP contribution in [0, 0.1) is 0 Å². The first-order chi connectivity index (χ1) is 13.7. The summed E-state index contributed by atoms with van der Waals surface area (Å²) in [6, 6.07) is 10.0. The molecule has 1 saturated heterocycles. The van der Waals surface area contributed by atoms with E-state index in [0.717, 1.165) is 55.0 Å². The van der Waals surface area contributed by atoms with Gasteiger partial charge in [0, 0.05) is 33.6 Å². The Bertz CT molecular complexity index is 879. The quantitative estimate of drug-likeness (QED) is 0.643. The molecule has 2 aromatic carbocycles. The number of benzene rings is 2. The zero-order valence-corrected chi connectivity index (χ0v) is 17.4. The second-order valence-electron chi connectivity index (χ2n) is 8.15. The fraction of sp³-hybridized carbons (Fsp3) is 0.478. The van der Waals surface area contributed by atoms with E-state index >= 15 is 0 Å². The van der Waals surface area contributed by atoms with E-state index < -0.39 is 0 Å². The van der Waals surface area contributed by atoms with E-state index in [9.17, 15) is 0 Å². The third-order valence-corrected chi connectivity index (χ3v) is 6.81. The Kier molecular flexibility index (Phi) is 5.17. The smallest absolute Gasteiger partial charge is 0.165 e. The molecule has 3 aliphatic rings. The molecule has 0 aromatic heterocycles. The fourth-order valence-electron chi connectivity index (χ4n) is 4.79. The molecule has 5 rings (SSSR count). The molecule has 148 valence electrons. The SMILES string of the molecule is Clc1ccc(-c2cc(OC3CCCCC3)c3c(c2)[C@@H]2CNCC[C@@H]2O3)c(Cl)c1. The molecule has 1 N–H and O–H groups in total. The standard InChI is InChI=1S/C23H25Cl2NO2/c24-15-6-7-17(20(25)12-15)14-10-18-19-13-26-9-8-21(19)28-23(18)22(11-14)27-16-4-2-1-3-5-16/h6-7,10-12,16,19,21,26H,1-5,8-9,13H2/t19-,21-/m0/s1. The van der Waals surface area contributed by atoms with Gasteiger partial charge in [-0.2, -0.15) is 0 Å². The van der Waals surface area contributed by atoms with Crippen molar-refractivity contribution in [1.82, 2.24) is 5.32 Å². The van der Waals surface area contributed by atoms with E-state index in [1.165, 1.54) is 24.8 Å². The van der Waals surface area contributed by atoms with Gasteiger partial charge in [-0.3, -0.25) is 0 Å². The number of hydrogen-bond donors (Lipinski definition) is 1. The summed E-state index contributed by atoms with van der Waals surface area (Å²) in [4.78, 5) is 0. The maximum absolute atomic E-state index is 6.53. The van der Waals surface area contributed by atoms with E-state index in [4.69, 9.17) is 32.7 Å². The van der Waals surface area contributed by atoms with Crippen LogP contribution in [-0.2, 0) is 0 Å². The van der Waals surface area contributed by atoms with Gasteiger partial charge in [-0.05, 0) is 68.5 Å². The van der Waals surface area contributed by atoms with Gasteiger partial charge in [0.1, 0.15) is 6.10 Å². The van der Waals surface area contributed by atoms with E-state index in [1.54, 1.807) is 6.07 Å². The second kappa shape index (κ2) is 7.78. The third kappa shape index (κ3) is 3.49. The van der Waals surface area contributed by atoms with E-state index in [0.29, 0.717) is 16.0 Å². The highest BCUT2D eigenvalue weighted by Gasteiger charge is 2.39. The molecule has 0 radical (unpaired) electrons. The van der Waals surface area contributed by atoms with Crippen LogP contribution in [0.3, 0.4) is 0 Å². The Balaban J connectivity index is 1.57. The Hall–Kier alpha value is -1.42. The first-order valence-corrected chi connectivity index (χ1v) is 11.1. The normalized spacial score (nSPS) is 24.4. The molecular formula is C23H25Cl2NO2. The molecule has 2 heterocycles. The van der Waals surface area contributed by atoms with Crippen molar-refractivity contribution in [2.75, 3.05) is 13.1 Å². The maximum atomic E-state index is 6.53. The van der Waals surface area contributed by atoms with Gasteiger partial charge in [0.2, 0.25) is 0 Å². The van der Waals surface area contributed by atoms with Crippen LogP contribution in [0.4, 0.5) is 0 Å². The molecule has 2 aromatic rings. The minimum atomic E-state index is 0.237. The van der Waals surface area contributed by atoms with Crippen LogP contribution in [0.15, 0.2) is 30.3 Å². The summed E-state index contributed by atoms with van der Waals surface area (Å²) in [5.74, 6) is 2.18. The Morgan fingerprint density at radius 2 is 1.86 bits per heavy atom. The molecule has 3 nitrogen and oxygen atoms in total. The van der Waals surface area contributed by atoms with Crippen LogP contribution < -0.4 is 14.8 Å². The average molecular weight is 418 g/mol. The highest BCUT2D eigenvalue weighted by molar-refractivity contribution is 6.36. The van der Waals surface area contributed by atoms with Crippen LogP contribution in [0.2, 0.25) is 10.0 Å². The van der Waals surface area contributed by atoms with Crippen LogP contribution in [0.5, 0.6) is 11.5 Å². The second-order valence-corrected chi connectivity index (χ2v) is 8.99.